The molecule has 1 N–H and O–H groups in total. The third-order valence-corrected chi connectivity index (χ3v) is 2.50. The Kier molecular flexibility index (Phi) is 5.15. The summed E-state index contributed by atoms with van der Waals surface area (Å²) in [5.74, 6) is 0.155. The Morgan fingerprint density at radius 2 is 2.29 bits per heavy atom. The first-order valence-electron chi connectivity index (χ1n) is 5.94. The Morgan fingerprint density at radius 1 is 1.59 bits per heavy atom. The Balaban J connectivity index is 2.31. The lowest BCUT2D eigenvalue weighted by molar-refractivity contribution is -0.130. The van der Waals surface area contributed by atoms with E-state index in [1.807, 2.05) is 20.3 Å². The van der Waals surface area contributed by atoms with Gasteiger partial charge in [0.2, 0.25) is 5.91 Å². The van der Waals surface area contributed by atoms with E-state index in [9.17, 15) is 4.79 Å². The van der Waals surface area contributed by atoms with Crippen molar-refractivity contribution in [1.29, 1.82) is 0 Å². The maximum absolute atomic E-state index is 11.8. The van der Waals surface area contributed by atoms with E-state index >= 15 is 0 Å². The van der Waals surface area contributed by atoms with Gasteiger partial charge in [0.05, 0.1) is 6.20 Å². The van der Waals surface area contributed by atoms with Gasteiger partial charge in [-0.1, -0.05) is 13.8 Å². The van der Waals surface area contributed by atoms with Gasteiger partial charge in [-0.25, -0.2) is 0 Å². The second-order valence-corrected chi connectivity index (χ2v) is 4.63. The van der Waals surface area contributed by atoms with Gasteiger partial charge in [0.15, 0.2) is 0 Å². The van der Waals surface area contributed by atoms with Crippen LogP contribution < -0.4 is 5.32 Å². The van der Waals surface area contributed by atoms with Crippen molar-refractivity contribution in [2.45, 2.75) is 32.9 Å². The fraction of sp³-hybridized carbons (Fsp3) is 0.667. The molecule has 0 spiro atoms. The molecule has 1 amide bonds. The largest absolute Gasteiger partial charge is 0.341 e. The Labute approximate surface area is 103 Å². The number of amides is 1. The summed E-state index contributed by atoms with van der Waals surface area (Å²) in [6.07, 6.45) is 4.25. The van der Waals surface area contributed by atoms with E-state index in [2.05, 4.69) is 24.3 Å². The number of aromatic nitrogens is 2. The zero-order valence-corrected chi connectivity index (χ0v) is 11.1. The van der Waals surface area contributed by atoms with Crippen molar-refractivity contribution in [3.05, 3.63) is 18.0 Å². The molecule has 0 aliphatic rings. The van der Waals surface area contributed by atoms with E-state index in [0.29, 0.717) is 19.0 Å². The molecule has 0 fully saturated rings. The zero-order chi connectivity index (χ0) is 12.8. The van der Waals surface area contributed by atoms with Crippen molar-refractivity contribution in [2.75, 3.05) is 13.6 Å². The number of rotatable bonds is 6. The molecule has 0 radical (unpaired) electrons. The molecule has 5 nitrogen and oxygen atoms in total. The van der Waals surface area contributed by atoms with Gasteiger partial charge in [-0.2, -0.15) is 5.10 Å². The van der Waals surface area contributed by atoms with E-state index in [-0.39, 0.29) is 5.91 Å². The molecule has 1 aromatic heterocycles. The molecule has 17 heavy (non-hydrogen) atoms. The van der Waals surface area contributed by atoms with E-state index in [4.69, 9.17) is 0 Å². The molecule has 96 valence electrons. The highest BCUT2D eigenvalue weighted by molar-refractivity contribution is 5.76. The van der Waals surface area contributed by atoms with Crippen LogP contribution in [0.25, 0.3) is 0 Å². The van der Waals surface area contributed by atoms with Crippen LogP contribution in [0.1, 0.15) is 25.8 Å². The molecule has 0 aliphatic carbocycles. The first kappa shape index (κ1) is 13.7. The van der Waals surface area contributed by atoms with E-state index in [0.717, 1.165) is 12.1 Å². The number of carbonyl (C=O) groups excluding carboxylic acids is 1. The van der Waals surface area contributed by atoms with Gasteiger partial charge in [0.25, 0.3) is 0 Å². The molecule has 0 unspecified atom stereocenters. The summed E-state index contributed by atoms with van der Waals surface area (Å²) in [6, 6.07) is 0.423. The molecule has 0 aromatic carbocycles. The zero-order valence-electron chi connectivity index (χ0n) is 11.1. The van der Waals surface area contributed by atoms with Crippen molar-refractivity contribution in [2.24, 2.45) is 7.05 Å². The molecular formula is C12H22N4O. The second-order valence-electron chi connectivity index (χ2n) is 4.63. The van der Waals surface area contributed by atoms with Gasteiger partial charge < -0.3 is 10.2 Å². The first-order chi connectivity index (χ1) is 7.99. The van der Waals surface area contributed by atoms with Crippen LogP contribution in [0.4, 0.5) is 0 Å². The van der Waals surface area contributed by atoms with Gasteiger partial charge in [-0.05, 0) is 0 Å². The lowest BCUT2D eigenvalue weighted by Gasteiger charge is -2.16. The molecule has 0 saturated carbocycles. The summed E-state index contributed by atoms with van der Waals surface area (Å²) in [7, 11) is 3.70. The number of aryl methyl sites for hydroxylation is 1. The summed E-state index contributed by atoms with van der Waals surface area (Å²) in [5, 5.41) is 7.32. The maximum Gasteiger partial charge on any atom is 0.223 e. The SMILES string of the molecule is CC(C)NCCC(=O)N(C)Cc1cnn(C)c1. The predicted octanol–water partition coefficient (Wildman–Crippen LogP) is 0.767. The van der Waals surface area contributed by atoms with Crippen LogP contribution in [0, 0.1) is 0 Å². The quantitative estimate of drug-likeness (QED) is 0.796. The Bertz CT molecular complexity index is 359. The van der Waals surface area contributed by atoms with Crippen LogP contribution in [0.2, 0.25) is 0 Å². The average molecular weight is 238 g/mol. The smallest absolute Gasteiger partial charge is 0.223 e. The van der Waals surface area contributed by atoms with Crippen LogP contribution in [0.5, 0.6) is 0 Å². The number of carbonyl (C=O) groups is 1. The molecule has 1 heterocycles. The number of hydrogen-bond donors (Lipinski definition) is 1. The van der Waals surface area contributed by atoms with Crippen molar-refractivity contribution in [3.8, 4) is 0 Å². The second kappa shape index (κ2) is 6.39. The van der Waals surface area contributed by atoms with Crippen molar-refractivity contribution in [3.63, 3.8) is 0 Å². The van der Waals surface area contributed by atoms with E-state index in [1.165, 1.54) is 0 Å². The summed E-state index contributed by atoms with van der Waals surface area (Å²) >= 11 is 0. The van der Waals surface area contributed by atoms with Crippen LogP contribution in [-0.4, -0.2) is 40.2 Å². The molecule has 0 aliphatic heterocycles. The summed E-state index contributed by atoms with van der Waals surface area (Å²) in [4.78, 5) is 13.5. The van der Waals surface area contributed by atoms with Crippen LogP contribution in [0.15, 0.2) is 12.4 Å². The van der Waals surface area contributed by atoms with E-state index in [1.54, 1.807) is 15.8 Å². The Morgan fingerprint density at radius 3 is 2.82 bits per heavy atom. The highest BCUT2D eigenvalue weighted by Gasteiger charge is 2.09. The normalized spacial score (nSPS) is 10.9. The van der Waals surface area contributed by atoms with Gasteiger partial charge in [-0.15, -0.1) is 0 Å². The van der Waals surface area contributed by atoms with Crippen LogP contribution in [-0.2, 0) is 18.4 Å². The van der Waals surface area contributed by atoms with Crippen molar-refractivity contribution >= 4 is 5.91 Å². The Hall–Kier alpha value is -1.36. The molecule has 5 heteroatoms. The monoisotopic (exact) mass is 238 g/mol. The first-order valence-corrected chi connectivity index (χ1v) is 5.94. The highest BCUT2D eigenvalue weighted by atomic mass is 16.2. The minimum absolute atomic E-state index is 0.155. The standard InChI is InChI=1S/C12H22N4O/c1-10(2)13-6-5-12(17)15(3)8-11-7-14-16(4)9-11/h7,9-10,13H,5-6,8H2,1-4H3. The highest BCUT2D eigenvalue weighted by Crippen LogP contribution is 2.02. The number of hydrogen-bond acceptors (Lipinski definition) is 3. The lowest BCUT2D eigenvalue weighted by Crippen LogP contribution is -2.31. The van der Waals surface area contributed by atoms with Gasteiger partial charge in [0, 0.05) is 51.4 Å². The molecular weight excluding hydrogens is 216 g/mol. The number of nitrogens with zero attached hydrogens (tertiary/aromatic N) is 3. The summed E-state index contributed by atoms with van der Waals surface area (Å²) < 4.78 is 1.74. The maximum atomic E-state index is 11.8. The number of nitrogens with one attached hydrogen (secondary N) is 1. The average Bonchev–Trinajstić information content (AvgIpc) is 2.63. The third-order valence-electron chi connectivity index (χ3n) is 2.50. The van der Waals surface area contributed by atoms with Gasteiger partial charge >= 0.3 is 0 Å². The van der Waals surface area contributed by atoms with Crippen molar-refractivity contribution < 1.29 is 4.79 Å². The van der Waals surface area contributed by atoms with E-state index < -0.39 is 0 Å². The molecule has 1 aromatic rings. The molecule has 0 bridgehead atoms. The van der Waals surface area contributed by atoms with Crippen molar-refractivity contribution in [1.82, 2.24) is 20.0 Å². The van der Waals surface area contributed by atoms with Gasteiger partial charge in [0.1, 0.15) is 0 Å². The summed E-state index contributed by atoms with van der Waals surface area (Å²) in [5.41, 5.74) is 1.06. The fourth-order valence-corrected chi connectivity index (χ4v) is 1.57. The lowest BCUT2D eigenvalue weighted by atomic mass is 10.3. The van der Waals surface area contributed by atoms with Gasteiger partial charge in [-0.3, -0.25) is 9.48 Å². The molecule has 0 atom stereocenters. The molecule has 0 saturated heterocycles. The minimum atomic E-state index is 0.155. The van der Waals surface area contributed by atoms with Crippen LogP contribution >= 0.6 is 0 Å². The predicted molar refractivity (Wildman–Crippen MR) is 67.4 cm³/mol. The topological polar surface area (TPSA) is 50.2 Å². The van der Waals surface area contributed by atoms with Crippen LogP contribution in [0.3, 0.4) is 0 Å². The summed E-state index contributed by atoms with van der Waals surface area (Å²) in [6.45, 7) is 5.50. The minimum Gasteiger partial charge on any atom is -0.341 e. The third kappa shape index (κ3) is 4.99. The molecule has 1 rings (SSSR count). The fourth-order valence-electron chi connectivity index (χ4n) is 1.57.